The lowest BCUT2D eigenvalue weighted by Crippen LogP contribution is -2.35. The molecule has 0 N–H and O–H groups in total. The highest BCUT2D eigenvalue weighted by Gasteiger charge is 2.40. The highest BCUT2D eigenvalue weighted by Crippen LogP contribution is 2.39. The maximum absolute atomic E-state index is 6.10. The molecule has 0 atom stereocenters. The molecule has 4 heteroatoms. The number of hydrogen-bond acceptors (Lipinski definition) is 3. The summed E-state index contributed by atoms with van der Waals surface area (Å²) in [6, 6.07) is 0. The summed E-state index contributed by atoms with van der Waals surface area (Å²) < 4.78 is 17.6. The lowest BCUT2D eigenvalue weighted by molar-refractivity contribution is -0.165. The van der Waals surface area contributed by atoms with Gasteiger partial charge in [0.1, 0.15) is 0 Å². The zero-order valence-corrected chi connectivity index (χ0v) is 11.8. The van der Waals surface area contributed by atoms with Gasteiger partial charge in [-0.3, -0.25) is 0 Å². The molecule has 0 aromatic heterocycles. The van der Waals surface area contributed by atoms with Gasteiger partial charge in [-0.05, 0) is 32.1 Å². The van der Waals surface area contributed by atoms with Crippen molar-refractivity contribution in [2.45, 2.75) is 51.6 Å². The SMILES string of the molecule is CC1=C(O[Si](C)(C)C)CCC2(C1)OCCO2. The summed E-state index contributed by atoms with van der Waals surface area (Å²) in [6.45, 7) is 10.3. The van der Waals surface area contributed by atoms with E-state index < -0.39 is 8.32 Å². The van der Waals surface area contributed by atoms with Crippen LogP contribution in [0.15, 0.2) is 11.3 Å². The van der Waals surface area contributed by atoms with Crippen LogP contribution in [-0.2, 0) is 13.9 Å². The van der Waals surface area contributed by atoms with Gasteiger partial charge in [0.25, 0.3) is 0 Å². The fraction of sp³-hybridized carbons (Fsp3) is 0.833. The summed E-state index contributed by atoms with van der Waals surface area (Å²) in [6.07, 6.45) is 2.76. The van der Waals surface area contributed by atoms with Crippen molar-refractivity contribution in [3.05, 3.63) is 11.3 Å². The fourth-order valence-electron chi connectivity index (χ4n) is 2.36. The molecule has 1 fully saturated rings. The fourth-order valence-corrected chi connectivity index (χ4v) is 3.37. The smallest absolute Gasteiger partial charge is 0.241 e. The molecular weight excluding hydrogens is 220 g/mol. The van der Waals surface area contributed by atoms with E-state index >= 15 is 0 Å². The quantitative estimate of drug-likeness (QED) is 0.697. The summed E-state index contributed by atoms with van der Waals surface area (Å²) in [4.78, 5) is 0. The Balaban J connectivity index is 2.06. The van der Waals surface area contributed by atoms with Crippen LogP contribution in [0.5, 0.6) is 0 Å². The minimum atomic E-state index is -1.48. The van der Waals surface area contributed by atoms with Gasteiger partial charge in [0.05, 0.1) is 19.0 Å². The highest BCUT2D eigenvalue weighted by molar-refractivity contribution is 6.70. The van der Waals surface area contributed by atoms with Crippen molar-refractivity contribution in [1.29, 1.82) is 0 Å². The number of rotatable bonds is 2. The van der Waals surface area contributed by atoms with E-state index in [1.165, 1.54) is 11.3 Å². The van der Waals surface area contributed by atoms with Crippen LogP contribution in [0.25, 0.3) is 0 Å². The molecule has 0 bridgehead atoms. The monoisotopic (exact) mass is 242 g/mol. The third-order valence-electron chi connectivity index (χ3n) is 2.99. The molecule has 1 heterocycles. The standard InChI is InChI=1S/C12H22O3Si/c1-10-9-12(13-7-8-14-12)6-5-11(10)15-16(2,3)4/h5-9H2,1-4H3. The molecule has 2 rings (SSSR count). The third-order valence-corrected chi connectivity index (χ3v) is 3.85. The Bertz CT molecular complexity index is 298. The first-order valence-electron chi connectivity index (χ1n) is 6.06. The summed E-state index contributed by atoms with van der Waals surface area (Å²) >= 11 is 0. The average Bonchev–Trinajstić information content (AvgIpc) is 2.57. The summed E-state index contributed by atoms with van der Waals surface area (Å²) in [5, 5.41) is 0. The highest BCUT2D eigenvalue weighted by atomic mass is 28.4. The molecule has 1 aliphatic heterocycles. The second-order valence-electron chi connectivity index (χ2n) is 5.70. The van der Waals surface area contributed by atoms with E-state index in [1.54, 1.807) is 0 Å². The summed E-state index contributed by atoms with van der Waals surface area (Å²) in [7, 11) is -1.48. The van der Waals surface area contributed by atoms with Crippen molar-refractivity contribution in [2.24, 2.45) is 0 Å². The number of allylic oxidation sites excluding steroid dienone is 1. The van der Waals surface area contributed by atoms with Crippen molar-refractivity contribution in [2.75, 3.05) is 13.2 Å². The van der Waals surface area contributed by atoms with E-state index in [4.69, 9.17) is 13.9 Å². The van der Waals surface area contributed by atoms with Gasteiger partial charge < -0.3 is 13.9 Å². The Morgan fingerprint density at radius 1 is 1.19 bits per heavy atom. The second-order valence-corrected chi connectivity index (χ2v) is 10.1. The van der Waals surface area contributed by atoms with E-state index in [0.717, 1.165) is 32.5 Å². The zero-order valence-electron chi connectivity index (χ0n) is 10.8. The van der Waals surface area contributed by atoms with Gasteiger partial charge in [0.15, 0.2) is 5.79 Å². The Kier molecular flexibility index (Phi) is 3.16. The summed E-state index contributed by atoms with van der Waals surface area (Å²) in [5.74, 6) is 0.861. The molecule has 92 valence electrons. The molecule has 1 aliphatic carbocycles. The van der Waals surface area contributed by atoms with Gasteiger partial charge >= 0.3 is 0 Å². The first-order chi connectivity index (χ1) is 7.40. The summed E-state index contributed by atoms with van der Waals surface area (Å²) in [5.41, 5.74) is 1.30. The minimum Gasteiger partial charge on any atom is -0.547 e. The first-order valence-corrected chi connectivity index (χ1v) is 9.47. The molecule has 0 saturated carbocycles. The normalized spacial score (nSPS) is 25.2. The van der Waals surface area contributed by atoms with Crippen molar-refractivity contribution < 1.29 is 13.9 Å². The Labute approximate surface area is 98.9 Å². The Morgan fingerprint density at radius 3 is 2.31 bits per heavy atom. The van der Waals surface area contributed by atoms with Crippen LogP contribution in [-0.4, -0.2) is 27.3 Å². The van der Waals surface area contributed by atoms with Crippen LogP contribution >= 0.6 is 0 Å². The molecule has 3 nitrogen and oxygen atoms in total. The van der Waals surface area contributed by atoms with E-state index in [0.29, 0.717) is 0 Å². The predicted octanol–water partition coefficient (Wildman–Crippen LogP) is 3.04. The Morgan fingerprint density at radius 2 is 1.81 bits per heavy atom. The maximum atomic E-state index is 6.10. The van der Waals surface area contributed by atoms with Gasteiger partial charge in [0, 0.05) is 19.3 Å². The van der Waals surface area contributed by atoms with Gasteiger partial charge in [-0.1, -0.05) is 0 Å². The number of hydrogen-bond donors (Lipinski definition) is 0. The first kappa shape index (κ1) is 12.1. The van der Waals surface area contributed by atoms with Crippen molar-refractivity contribution >= 4 is 8.32 Å². The molecule has 1 saturated heterocycles. The van der Waals surface area contributed by atoms with Crippen molar-refractivity contribution in [3.63, 3.8) is 0 Å². The van der Waals surface area contributed by atoms with Gasteiger partial charge in [-0.25, -0.2) is 0 Å². The van der Waals surface area contributed by atoms with E-state index in [1.807, 2.05) is 0 Å². The zero-order chi connectivity index (χ0) is 11.8. The van der Waals surface area contributed by atoms with Gasteiger partial charge in [-0.2, -0.15) is 0 Å². The number of ether oxygens (including phenoxy) is 2. The van der Waals surface area contributed by atoms with Crippen molar-refractivity contribution in [1.82, 2.24) is 0 Å². The van der Waals surface area contributed by atoms with E-state index in [2.05, 4.69) is 26.6 Å². The van der Waals surface area contributed by atoms with Crippen molar-refractivity contribution in [3.8, 4) is 0 Å². The molecule has 0 unspecified atom stereocenters. The molecule has 1 spiro atoms. The molecule has 0 aromatic rings. The lowest BCUT2D eigenvalue weighted by Gasteiger charge is -2.35. The van der Waals surface area contributed by atoms with Gasteiger partial charge in [-0.15, -0.1) is 0 Å². The van der Waals surface area contributed by atoms with Crippen LogP contribution in [0.3, 0.4) is 0 Å². The third kappa shape index (κ3) is 2.67. The molecule has 16 heavy (non-hydrogen) atoms. The average molecular weight is 242 g/mol. The van der Waals surface area contributed by atoms with E-state index in [9.17, 15) is 0 Å². The van der Waals surface area contributed by atoms with Crippen LogP contribution in [0, 0.1) is 0 Å². The Hall–Kier alpha value is -0.323. The van der Waals surface area contributed by atoms with Crippen LogP contribution in [0.4, 0.5) is 0 Å². The van der Waals surface area contributed by atoms with Crippen LogP contribution < -0.4 is 0 Å². The van der Waals surface area contributed by atoms with Crippen LogP contribution in [0.2, 0.25) is 19.6 Å². The molecule has 0 radical (unpaired) electrons. The molecule has 0 aromatic carbocycles. The largest absolute Gasteiger partial charge is 0.547 e. The van der Waals surface area contributed by atoms with Crippen LogP contribution in [0.1, 0.15) is 26.2 Å². The maximum Gasteiger partial charge on any atom is 0.241 e. The topological polar surface area (TPSA) is 27.7 Å². The van der Waals surface area contributed by atoms with E-state index in [-0.39, 0.29) is 5.79 Å². The van der Waals surface area contributed by atoms with Gasteiger partial charge in [0.2, 0.25) is 8.32 Å². The predicted molar refractivity (Wildman–Crippen MR) is 65.6 cm³/mol. The molecular formula is C12H22O3Si. The molecule has 0 amide bonds. The minimum absolute atomic E-state index is 0.323. The molecule has 2 aliphatic rings. The second kappa shape index (κ2) is 4.16. The lowest BCUT2D eigenvalue weighted by atomic mass is 9.93.